The van der Waals surface area contributed by atoms with Crippen LogP contribution in [0.4, 0.5) is 0 Å². The second-order valence-corrected chi connectivity index (χ2v) is 4.14. The summed E-state index contributed by atoms with van der Waals surface area (Å²) in [6.07, 6.45) is 2.55. The van der Waals surface area contributed by atoms with Crippen molar-refractivity contribution in [3.05, 3.63) is 47.7 Å². The molecule has 2 rings (SSSR count). The van der Waals surface area contributed by atoms with Crippen LogP contribution in [0.15, 0.2) is 34.9 Å². The third kappa shape index (κ3) is 3.84. The van der Waals surface area contributed by atoms with Gasteiger partial charge in [-0.15, -0.1) is 0 Å². The lowest BCUT2D eigenvalue weighted by Gasteiger charge is -2.02. The van der Waals surface area contributed by atoms with E-state index in [4.69, 9.17) is 14.3 Å². The molecule has 0 unspecified atom stereocenters. The fourth-order valence-corrected chi connectivity index (χ4v) is 1.73. The van der Waals surface area contributed by atoms with Crippen LogP contribution in [0, 0.1) is 0 Å². The maximum absolute atomic E-state index is 10.5. The molecule has 0 saturated carbocycles. The summed E-state index contributed by atoms with van der Waals surface area (Å²) in [4.78, 5) is 14.6. The smallest absolute Gasteiger partial charge is 0.303 e. The number of benzene rings is 1. The molecular formula is C14H15NO4. The zero-order valence-electron chi connectivity index (χ0n) is 10.6. The molecule has 0 aliphatic carbocycles. The van der Waals surface area contributed by atoms with Crippen molar-refractivity contribution in [2.24, 2.45) is 0 Å². The molecule has 0 radical (unpaired) electrons. The summed E-state index contributed by atoms with van der Waals surface area (Å²) in [6.45, 7) is 0. The molecule has 1 heterocycles. The summed E-state index contributed by atoms with van der Waals surface area (Å²) >= 11 is 0. The number of hydrogen-bond acceptors (Lipinski definition) is 4. The molecule has 0 fully saturated rings. The van der Waals surface area contributed by atoms with Crippen molar-refractivity contribution >= 4 is 5.97 Å². The summed E-state index contributed by atoms with van der Waals surface area (Å²) in [6, 6.07) is 7.66. The Balaban J connectivity index is 2.00. The average Bonchev–Trinajstić information content (AvgIpc) is 2.84. The van der Waals surface area contributed by atoms with E-state index in [1.807, 2.05) is 24.3 Å². The Morgan fingerprint density at radius 3 is 3.05 bits per heavy atom. The van der Waals surface area contributed by atoms with E-state index in [0.717, 1.165) is 11.3 Å². The Labute approximate surface area is 110 Å². The van der Waals surface area contributed by atoms with Crippen LogP contribution in [0.3, 0.4) is 0 Å². The van der Waals surface area contributed by atoms with E-state index in [2.05, 4.69) is 4.98 Å². The zero-order chi connectivity index (χ0) is 13.7. The number of hydrogen-bond donors (Lipinski definition) is 1. The number of nitrogens with zero attached hydrogens (tertiary/aromatic N) is 1. The number of ether oxygens (including phenoxy) is 1. The first kappa shape index (κ1) is 13.1. The standard InChI is InChI=1S/C14H15NO4/c1-18-11-4-2-3-10(7-11)8-13-15-9-12(19-13)5-6-14(16)17/h2-4,7,9H,5-6,8H2,1H3,(H,16,17). The van der Waals surface area contributed by atoms with E-state index < -0.39 is 5.97 Å². The molecule has 0 aliphatic heterocycles. The summed E-state index contributed by atoms with van der Waals surface area (Å²) in [5.41, 5.74) is 1.03. The normalized spacial score (nSPS) is 10.4. The van der Waals surface area contributed by atoms with Gasteiger partial charge in [0.05, 0.1) is 19.7 Å². The highest BCUT2D eigenvalue weighted by Crippen LogP contribution is 2.16. The molecule has 0 spiro atoms. The van der Waals surface area contributed by atoms with Crippen LogP contribution in [-0.4, -0.2) is 23.2 Å². The lowest BCUT2D eigenvalue weighted by molar-refractivity contribution is -0.137. The second kappa shape index (κ2) is 6.04. The van der Waals surface area contributed by atoms with E-state index in [1.165, 1.54) is 0 Å². The third-order valence-electron chi connectivity index (χ3n) is 2.68. The van der Waals surface area contributed by atoms with Gasteiger partial charge < -0.3 is 14.3 Å². The van der Waals surface area contributed by atoms with Crippen LogP contribution in [0.5, 0.6) is 5.75 Å². The van der Waals surface area contributed by atoms with Crippen molar-refractivity contribution in [3.63, 3.8) is 0 Å². The predicted octanol–water partition coefficient (Wildman–Crippen LogP) is 2.29. The Morgan fingerprint density at radius 1 is 1.47 bits per heavy atom. The molecule has 19 heavy (non-hydrogen) atoms. The molecule has 100 valence electrons. The lowest BCUT2D eigenvalue weighted by atomic mass is 10.1. The minimum Gasteiger partial charge on any atom is -0.497 e. The maximum atomic E-state index is 10.5. The van der Waals surface area contributed by atoms with Gasteiger partial charge in [0.15, 0.2) is 5.89 Å². The lowest BCUT2D eigenvalue weighted by Crippen LogP contribution is -1.96. The van der Waals surface area contributed by atoms with Gasteiger partial charge in [0.2, 0.25) is 0 Å². The topological polar surface area (TPSA) is 72.6 Å². The van der Waals surface area contributed by atoms with Crippen LogP contribution in [0.25, 0.3) is 0 Å². The largest absolute Gasteiger partial charge is 0.497 e. The fraction of sp³-hybridized carbons (Fsp3) is 0.286. The number of oxazole rings is 1. The number of carbonyl (C=O) groups is 1. The van der Waals surface area contributed by atoms with Gasteiger partial charge in [0, 0.05) is 12.8 Å². The summed E-state index contributed by atoms with van der Waals surface area (Å²) in [5.74, 6) is 1.12. The minimum atomic E-state index is -0.842. The first-order chi connectivity index (χ1) is 9.17. The Hall–Kier alpha value is -2.30. The van der Waals surface area contributed by atoms with Crippen molar-refractivity contribution in [2.75, 3.05) is 7.11 Å². The van der Waals surface area contributed by atoms with Gasteiger partial charge in [0.25, 0.3) is 0 Å². The zero-order valence-corrected chi connectivity index (χ0v) is 10.6. The molecule has 0 saturated heterocycles. The van der Waals surface area contributed by atoms with Gasteiger partial charge >= 0.3 is 5.97 Å². The number of methoxy groups -OCH3 is 1. The van der Waals surface area contributed by atoms with Gasteiger partial charge in [0.1, 0.15) is 11.5 Å². The minimum absolute atomic E-state index is 0.0494. The van der Waals surface area contributed by atoms with Gasteiger partial charge in [-0.2, -0.15) is 0 Å². The van der Waals surface area contributed by atoms with Gasteiger partial charge in [-0.25, -0.2) is 4.98 Å². The number of rotatable bonds is 6. The molecule has 0 amide bonds. The highest BCUT2D eigenvalue weighted by Gasteiger charge is 2.07. The van der Waals surface area contributed by atoms with E-state index >= 15 is 0 Å². The molecule has 0 aliphatic rings. The van der Waals surface area contributed by atoms with Gasteiger partial charge in [-0.1, -0.05) is 12.1 Å². The van der Waals surface area contributed by atoms with Crippen molar-refractivity contribution in [1.29, 1.82) is 0 Å². The predicted molar refractivity (Wildman–Crippen MR) is 68.3 cm³/mol. The molecule has 5 nitrogen and oxygen atoms in total. The highest BCUT2D eigenvalue weighted by molar-refractivity contribution is 5.66. The third-order valence-corrected chi connectivity index (χ3v) is 2.68. The summed E-state index contributed by atoms with van der Waals surface area (Å²) in [7, 11) is 1.62. The maximum Gasteiger partial charge on any atom is 0.303 e. The van der Waals surface area contributed by atoms with Crippen LogP contribution in [-0.2, 0) is 17.6 Å². The van der Waals surface area contributed by atoms with E-state index in [9.17, 15) is 4.79 Å². The Kier molecular flexibility index (Phi) is 4.18. The molecule has 5 heteroatoms. The van der Waals surface area contributed by atoms with Crippen molar-refractivity contribution in [1.82, 2.24) is 4.98 Å². The number of aryl methyl sites for hydroxylation is 1. The first-order valence-corrected chi connectivity index (χ1v) is 5.95. The van der Waals surface area contributed by atoms with Gasteiger partial charge in [-0.3, -0.25) is 4.79 Å². The molecule has 0 bridgehead atoms. The molecule has 1 N–H and O–H groups in total. The average molecular weight is 261 g/mol. The van der Waals surface area contributed by atoms with Crippen LogP contribution in [0.2, 0.25) is 0 Å². The molecular weight excluding hydrogens is 246 g/mol. The highest BCUT2D eigenvalue weighted by atomic mass is 16.5. The fourth-order valence-electron chi connectivity index (χ4n) is 1.73. The quantitative estimate of drug-likeness (QED) is 0.863. The molecule has 1 aromatic carbocycles. The van der Waals surface area contributed by atoms with Crippen molar-refractivity contribution < 1.29 is 19.1 Å². The Bertz CT molecular complexity index is 562. The van der Waals surface area contributed by atoms with Crippen LogP contribution >= 0.6 is 0 Å². The monoisotopic (exact) mass is 261 g/mol. The second-order valence-electron chi connectivity index (χ2n) is 4.14. The number of carboxylic acids is 1. The Morgan fingerprint density at radius 2 is 2.32 bits per heavy atom. The van der Waals surface area contributed by atoms with Gasteiger partial charge in [-0.05, 0) is 17.7 Å². The summed E-state index contributed by atoms with van der Waals surface area (Å²) in [5, 5.41) is 8.60. The van der Waals surface area contributed by atoms with E-state index in [0.29, 0.717) is 24.5 Å². The van der Waals surface area contributed by atoms with Crippen molar-refractivity contribution in [2.45, 2.75) is 19.3 Å². The SMILES string of the molecule is COc1cccc(Cc2ncc(CCC(=O)O)o2)c1. The molecule has 0 atom stereocenters. The molecule has 1 aromatic heterocycles. The van der Waals surface area contributed by atoms with E-state index in [1.54, 1.807) is 13.3 Å². The number of carboxylic acid groups (broad SMARTS) is 1. The number of aromatic nitrogens is 1. The van der Waals surface area contributed by atoms with Crippen LogP contribution in [0.1, 0.15) is 23.6 Å². The summed E-state index contributed by atoms with van der Waals surface area (Å²) < 4.78 is 10.6. The van der Waals surface area contributed by atoms with Crippen molar-refractivity contribution in [3.8, 4) is 5.75 Å². The number of aliphatic carboxylic acids is 1. The van der Waals surface area contributed by atoms with Crippen LogP contribution < -0.4 is 4.74 Å². The van der Waals surface area contributed by atoms with E-state index in [-0.39, 0.29) is 6.42 Å². The first-order valence-electron chi connectivity index (χ1n) is 5.95. The molecule has 2 aromatic rings.